The lowest BCUT2D eigenvalue weighted by Gasteiger charge is -2.17. The molecule has 2 aromatic heterocycles. The molecule has 0 aliphatic carbocycles. The highest BCUT2D eigenvalue weighted by atomic mass is 19.1. The van der Waals surface area contributed by atoms with Crippen LogP contribution in [0.25, 0.3) is 0 Å². The monoisotopic (exact) mass is 365 g/mol. The number of anilines is 2. The lowest BCUT2D eigenvalue weighted by molar-refractivity contribution is -0.115. The Hall–Kier alpha value is -3.35. The van der Waals surface area contributed by atoms with E-state index in [0.717, 1.165) is 13.0 Å². The number of nitrogens with one attached hydrogen (secondary N) is 1. The molecule has 1 aromatic carbocycles. The number of amides is 1. The molecule has 27 heavy (non-hydrogen) atoms. The van der Waals surface area contributed by atoms with Gasteiger partial charge in [-0.2, -0.15) is 0 Å². The maximum absolute atomic E-state index is 13.2. The number of halogens is 1. The molecular weight excluding hydrogens is 345 g/mol. The van der Waals surface area contributed by atoms with Gasteiger partial charge in [0.05, 0.1) is 6.42 Å². The number of nitrogens with zero attached hydrogens (tertiary/aromatic N) is 4. The predicted molar refractivity (Wildman–Crippen MR) is 102 cm³/mol. The molecule has 0 saturated carbocycles. The number of likely N-dealkylation sites (N-methyl/N-ethyl adjacent to an activating group) is 1. The van der Waals surface area contributed by atoms with E-state index < -0.39 is 0 Å². The van der Waals surface area contributed by atoms with Crippen molar-refractivity contribution in [2.45, 2.75) is 12.8 Å². The summed E-state index contributed by atoms with van der Waals surface area (Å²) in [5, 5.41) is 10.9. The average Bonchev–Trinajstić information content (AvgIpc) is 2.67. The van der Waals surface area contributed by atoms with Gasteiger partial charge in [-0.3, -0.25) is 9.78 Å². The first-order valence-corrected chi connectivity index (χ1v) is 8.58. The van der Waals surface area contributed by atoms with Crippen molar-refractivity contribution in [3.63, 3.8) is 0 Å². The molecule has 2 heterocycles. The fraction of sp³-hybridized carbons (Fsp3) is 0.200. The van der Waals surface area contributed by atoms with Gasteiger partial charge in [-0.25, -0.2) is 4.39 Å². The molecule has 1 N–H and O–H groups in total. The summed E-state index contributed by atoms with van der Waals surface area (Å²) in [5.41, 5.74) is 1.80. The second-order valence-corrected chi connectivity index (χ2v) is 6.16. The van der Waals surface area contributed by atoms with Crippen molar-refractivity contribution in [1.82, 2.24) is 15.2 Å². The van der Waals surface area contributed by atoms with Crippen LogP contribution in [0, 0.1) is 5.82 Å². The fourth-order valence-electron chi connectivity index (χ4n) is 2.58. The molecule has 7 heteroatoms. The summed E-state index contributed by atoms with van der Waals surface area (Å²) in [4.78, 5) is 18.1. The molecule has 0 aliphatic rings. The number of benzene rings is 1. The van der Waals surface area contributed by atoms with E-state index in [2.05, 4.69) is 20.5 Å². The zero-order valence-electron chi connectivity index (χ0n) is 15.0. The molecule has 0 aliphatic heterocycles. The number of hydrogen-bond acceptors (Lipinski definition) is 5. The summed E-state index contributed by atoms with van der Waals surface area (Å²) < 4.78 is 13.2. The molecule has 0 atom stereocenters. The Morgan fingerprint density at radius 2 is 1.89 bits per heavy atom. The molecule has 138 valence electrons. The molecule has 0 fully saturated rings. The zero-order chi connectivity index (χ0) is 19.1. The normalized spacial score (nSPS) is 10.4. The Kier molecular flexibility index (Phi) is 6.04. The smallest absolute Gasteiger partial charge is 0.229 e. The maximum Gasteiger partial charge on any atom is 0.229 e. The summed E-state index contributed by atoms with van der Waals surface area (Å²) in [6, 6.07) is 13.4. The molecule has 0 spiro atoms. The number of aromatic nitrogens is 3. The van der Waals surface area contributed by atoms with Crippen LogP contribution < -0.4 is 10.2 Å². The van der Waals surface area contributed by atoms with Crippen molar-refractivity contribution in [1.29, 1.82) is 0 Å². The van der Waals surface area contributed by atoms with Gasteiger partial charge in [-0.15, -0.1) is 10.2 Å². The first-order chi connectivity index (χ1) is 13.1. The first-order valence-electron chi connectivity index (χ1n) is 8.58. The van der Waals surface area contributed by atoms with Crippen LogP contribution in [0.2, 0.25) is 0 Å². The molecule has 1 amide bonds. The number of carbonyl (C=O) groups excluding carboxylic acids is 1. The number of carbonyl (C=O) groups is 1. The van der Waals surface area contributed by atoms with Crippen LogP contribution >= 0.6 is 0 Å². The van der Waals surface area contributed by atoms with Gasteiger partial charge >= 0.3 is 0 Å². The number of pyridine rings is 1. The fourth-order valence-corrected chi connectivity index (χ4v) is 2.58. The van der Waals surface area contributed by atoms with Crippen LogP contribution in [0.4, 0.5) is 16.0 Å². The molecule has 0 bridgehead atoms. The third-order valence-corrected chi connectivity index (χ3v) is 4.05. The maximum atomic E-state index is 13.2. The van der Waals surface area contributed by atoms with Crippen LogP contribution in [0.3, 0.4) is 0 Å². The first kappa shape index (κ1) is 18.4. The van der Waals surface area contributed by atoms with Crippen molar-refractivity contribution >= 4 is 17.5 Å². The van der Waals surface area contributed by atoms with E-state index >= 15 is 0 Å². The van der Waals surface area contributed by atoms with E-state index in [9.17, 15) is 9.18 Å². The number of hydrogen-bond donors (Lipinski definition) is 1. The Labute approximate surface area is 157 Å². The minimum absolute atomic E-state index is 0.0764. The van der Waals surface area contributed by atoms with Gasteiger partial charge in [0.25, 0.3) is 0 Å². The predicted octanol–water partition coefficient (Wildman–Crippen LogP) is 2.87. The van der Waals surface area contributed by atoms with Crippen molar-refractivity contribution < 1.29 is 9.18 Å². The summed E-state index contributed by atoms with van der Waals surface area (Å²) in [6.07, 6.45) is 4.49. The molecule has 0 unspecified atom stereocenters. The third-order valence-electron chi connectivity index (χ3n) is 4.05. The third kappa shape index (κ3) is 5.57. The molecule has 0 saturated heterocycles. The highest BCUT2D eigenvalue weighted by Gasteiger charge is 2.08. The second kappa shape index (κ2) is 8.84. The summed E-state index contributed by atoms with van der Waals surface area (Å²) >= 11 is 0. The largest absolute Gasteiger partial charge is 0.358 e. The van der Waals surface area contributed by atoms with E-state index in [1.54, 1.807) is 36.7 Å². The van der Waals surface area contributed by atoms with E-state index in [0.29, 0.717) is 17.2 Å². The van der Waals surface area contributed by atoms with Crippen LogP contribution in [-0.4, -0.2) is 34.7 Å². The summed E-state index contributed by atoms with van der Waals surface area (Å²) in [5.74, 6) is 0.447. The number of rotatable bonds is 7. The molecule has 6 nitrogen and oxygen atoms in total. The lowest BCUT2D eigenvalue weighted by Crippen LogP contribution is -2.22. The molecular formula is C20H20FN5O. The van der Waals surface area contributed by atoms with Crippen LogP contribution in [0.15, 0.2) is 60.9 Å². The highest BCUT2D eigenvalue weighted by Crippen LogP contribution is 2.12. The minimum Gasteiger partial charge on any atom is -0.358 e. The van der Waals surface area contributed by atoms with Crippen molar-refractivity contribution in [2.24, 2.45) is 0 Å². The van der Waals surface area contributed by atoms with Crippen molar-refractivity contribution in [2.75, 3.05) is 23.8 Å². The summed E-state index contributed by atoms with van der Waals surface area (Å²) in [7, 11) is 1.94. The lowest BCUT2D eigenvalue weighted by atomic mass is 10.1. The van der Waals surface area contributed by atoms with E-state index in [-0.39, 0.29) is 18.1 Å². The van der Waals surface area contributed by atoms with Gasteiger partial charge in [0.15, 0.2) is 11.6 Å². The Bertz CT molecular complexity index is 886. The topological polar surface area (TPSA) is 71.0 Å². The highest BCUT2D eigenvalue weighted by molar-refractivity contribution is 5.91. The Morgan fingerprint density at radius 1 is 1.07 bits per heavy atom. The molecule has 3 rings (SSSR count). The zero-order valence-corrected chi connectivity index (χ0v) is 15.0. The molecule has 3 aromatic rings. The van der Waals surface area contributed by atoms with Gasteiger partial charge in [0.2, 0.25) is 5.91 Å². The Balaban J connectivity index is 1.52. The van der Waals surface area contributed by atoms with E-state index in [1.807, 2.05) is 24.1 Å². The average molecular weight is 365 g/mol. The summed E-state index contributed by atoms with van der Waals surface area (Å²) in [6.45, 7) is 0.782. The van der Waals surface area contributed by atoms with Crippen molar-refractivity contribution in [3.05, 3.63) is 77.9 Å². The van der Waals surface area contributed by atoms with Gasteiger partial charge < -0.3 is 10.2 Å². The minimum atomic E-state index is -0.362. The van der Waals surface area contributed by atoms with E-state index in [4.69, 9.17) is 0 Å². The molecule has 0 radical (unpaired) electrons. The SMILES string of the molecule is CN(CCc1ccncc1)c1ccc(NC(=O)Cc2cccc(F)c2)nn1. The van der Waals surface area contributed by atoms with Gasteiger partial charge in [-0.1, -0.05) is 12.1 Å². The van der Waals surface area contributed by atoms with Crippen LogP contribution in [0.1, 0.15) is 11.1 Å². The van der Waals surface area contributed by atoms with Crippen molar-refractivity contribution in [3.8, 4) is 0 Å². The second-order valence-electron chi connectivity index (χ2n) is 6.16. The van der Waals surface area contributed by atoms with E-state index in [1.165, 1.54) is 17.7 Å². The quantitative estimate of drug-likeness (QED) is 0.697. The standard InChI is InChI=1S/C20H20FN5O/c1-26(12-9-15-7-10-22-11-8-15)19-6-5-18(24-25-19)23-20(27)14-16-3-2-4-17(21)13-16/h2-8,10-11,13H,9,12,14H2,1H3,(H,23,24,27). The Morgan fingerprint density at radius 3 is 2.59 bits per heavy atom. The van der Waals surface area contributed by atoms with Crippen LogP contribution in [0.5, 0.6) is 0 Å². The van der Waals surface area contributed by atoms with Gasteiger partial charge in [0.1, 0.15) is 5.82 Å². The van der Waals surface area contributed by atoms with Crippen LogP contribution in [-0.2, 0) is 17.6 Å². The van der Waals surface area contributed by atoms with Gasteiger partial charge in [0, 0.05) is 26.0 Å². The van der Waals surface area contributed by atoms with Gasteiger partial charge in [-0.05, 0) is 53.9 Å².